The number of thiocarbonyl (C=S) groups is 1. The molecule has 0 aromatic heterocycles. The molecule has 4 nitrogen and oxygen atoms in total. The smallest absolute Gasteiger partial charge is 0.416 e. The SMILES string of the molecule is CCCCNC(=S)N1CCN(CCC(Oc2ccc(C(F)(F)F)cc2)c2ccccc2)CC1. The molecule has 1 saturated heterocycles. The van der Waals surface area contributed by atoms with Gasteiger partial charge in [0.25, 0.3) is 0 Å². The van der Waals surface area contributed by atoms with Crippen molar-refractivity contribution in [3.8, 4) is 5.75 Å². The van der Waals surface area contributed by atoms with E-state index in [2.05, 4.69) is 22.0 Å². The summed E-state index contributed by atoms with van der Waals surface area (Å²) in [6, 6.07) is 14.7. The quantitative estimate of drug-likeness (QED) is 0.378. The zero-order valence-electron chi connectivity index (χ0n) is 19.0. The van der Waals surface area contributed by atoms with Gasteiger partial charge in [0.1, 0.15) is 11.9 Å². The molecule has 2 aromatic rings. The number of benzene rings is 2. The van der Waals surface area contributed by atoms with Gasteiger partial charge in [0.15, 0.2) is 5.11 Å². The van der Waals surface area contributed by atoms with Gasteiger partial charge < -0.3 is 15.0 Å². The molecule has 1 heterocycles. The van der Waals surface area contributed by atoms with Crippen molar-refractivity contribution in [1.29, 1.82) is 0 Å². The van der Waals surface area contributed by atoms with E-state index in [4.69, 9.17) is 17.0 Å². The molecule has 1 unspecified atom stereocenters. The van der Waals surface area contributed by atoms with E-state index in [-0.39, 0.29) is 6.10 Å². The standard InChI is InChI=1S/C25H32F3N3OS/c1-2-3-14-29-24(33)31-18-16-30(17-19-31)15-13-23(20-7-5-4-6-8-20)32-22-11-9-21(10-12-22)25(26,27)28/h4-12,23H,2-3,13-19H2,1H3,(H,29,33). The Bertz CT molecular complexity index is 853. The third kappa shape index (κ3) is 7.89. The lowest BCUT2D eigenvalue weighted by Crippen LogP contribution is -2.52. The normalized spacial score (nSPS) is 15.8. The van der Waals surface area contributed by atoms with Gasteiger partial charge in [-0.05, 0) is 48.5 Å². The van der Waals surface area contributed by atoms with Crippen LogP contribution in [0.25, 0.3) is 0 Å². The summed E-state index contributed by atoms with van der Waals surface area (Å²) >= 11 is 5.51. The van der Waals surface area contributed by atoms with Crippen molar-refractivity contribution >= 4 is 17.3 Å². The Hall–Kier alpha value is -2.32. The molecule has 0 amide bonds. The van der Waals surface area contributed by atoms with Crippen molar-refractivity contribution in [1.82, 2.24) is 15.1 Å². The number of halogens is 3. The van der Waals surface area contributed by atoms with Crippen LogP contribution in [0.15, 0.2) is 54.6 Å². The molecule has 2 aromatic carbocycles. The first-order valence-electron chi connectivity index (χ1n) is 11.5. The first-order valence-corrected chi connectivity index (χ1v) is 11.9. The molecular weight excluding hydrogens is 447 g/mol. The van der Waals surface area contributed by atoms with Crippen LogP contribution in [-0.4, -0.2) is 54.2 Å². The van der Waals surface area contributed by atoms with E-state index in [0.29, 0.717) is 5.75 Å². The first kappa shape index (κ1) is 25.3. The summed E-state index contributed by atoms with van der Waals surface area (Å²) in [6.07, 6.45) is -1.60. The monoisotopic (exact) mass is 479 g/mol. The minimum atomic E-state index is -4.35. The second-order valence-electron chi connectivity index (χ2n) is 8.24. The molecule has 0 bridgehead atoms. The van der Waals surface area contributed by atoms with E-state index in [9.17, 15) is 13.2 Å². The molecule has 0 spiro atoms. The molecule has 1 aliphatic rings. The number of nitrogens with one attached hydrogen (secondary N) is 1. The fourth-order valence-electron chi connectivity index (χ4n) is 3.81. The Morgan fingerprint density at radius 2 is 1.70 bits per heavy atom. The van der Waals surface area contributed by atoms with Crippen LogP contribution in [0, 0.1) is 0 Å². The van der Waals surface area contributed by atoms with Gasteiger partial charge in [-0.25, -0.2) is 0 Å². The Morgan fingerprint density at radius 3 is 2.30 bits per heavy atom. The molecular formula is C25H32F3N3OS. The molecule has 0 aliphatic carbocycles. The summed E-state index contributed by atoms with van der Waals surface area (Å²) in [7, 11) is 0. The van der Waals surface area contributed by atoms with Gasteiger partial charge in [-0.15, -0.1) is 0 Å². The summed E-state index contributed by atoms with van der Waals surface area (Å²) in [5, 5.41) is 4.16. The Morgan fingerprint density at radius 1 is 1.03 bits per heavy atom. The van der Waals surface area contributed by atoms with Crippen molar-refractivity contribution < 1.29 is 17.9 Å². The zero-order valence-corrected chi connectivity index (χ0v) is 19.8. The minimum Gasteiger partial charge on any atom is -0.486 e. The summed E-state index contributed by atoms with van der Waals surface area (Å²) in [5.74, 6) is 0.435. The molecule has 1 N–H and O–H groups in total. The number of nitrogens with zero attached hydrogens (tertiary/aromatic N) is 2. The van der Waals surface area contributed by atoms with Crippen LogP contribution in [0.5, 0.6) is 5.75 Å². The molecule has 0 saturated carbocycles. The molecule has 1 aliphatic heterocycles. The van der Waals surface area contributed by atoms with Crippen molar-refractivity contribution in [3.63, 3.8) is 0 Å². The molecule has 1 atom stereocenters. The Balaban J connectivity index is 1.55. The highest BCUT2D eigenvalue weighted by molar-refractivity contribution is 7.80. The van der Waals surface area contributed by atoms with Gasteiger partial charge in [-0.2, -0.15) is 13.2 Å². The van der Waals surface area contributed by atoms with Gasteiger partial charge in [0.2, 0.25) is 0 Å². The second kappa shape index (κ2) is 12.2. The van der Waals surface area contributed by atoms with E-state index in [0.717, 1.165) is 81.3 Å². The van der Waals surface area contributed by atoms with E-state index in [1.807, 2.05) is 30.3 Å². The van der Waals surface area contributed by atoms with Crippen molar-refractivity contribution in [2.75, 3.05) is 39.3 Å². The summed E-state index contributed by atoms with van der Waals surface area (Å²) in [5.41, 5.74) is 0.336. The van der Waals surface area contributed by atoms with Crippen molar-refractivity contribution in [3.05, 3.63) is 65.7 Å². The second-order valence-corrected chi connectivity index (χ2v) is 8.63. The van der Waals surface area contributed by atoms with Crippen LogP contribution in [0.3, 0.4) is 0 Å². The van der Waals surface area contributed by atoms with Crippen LogP contribution in [0.4, 0.5) is 13.2 Å². The van der Waals surface area contributed by atoms with E-state index < -0.39 is 11.7 Å². The average Bonchev–Trinajstić information content (AvgIpc) is 2.82. The van der Waals surface area contributed by atoms with Crippen LogP contribution >= 0.6 is 12.2 Å². The van der Waals surface area contributed by atoms with Crippen LogP contribution in [0.1, 0.15) is 43.4 Å². The van der Waals surface area contributed by atoms with Crippen molar-refractivity contribution in [2.24, 2.45) is 0 Å². The first-order chi connectivity index (χ1) is 15.9. The van der Waals surface area contributed by atoms with Crippen molar-refractivity contribution in [2.45, 2.75) is 38.5 Å². The van der Waals surface area contributed by atoms with E-state index in [1.165, 1.54) is 12.1 Å². The number of ether oxygens (including phenoxy) is 1. The molecule has 0 radical (unpaired) electrons. The van der Waals surface area contributed by atoms with E-state index >= 15 is 0 Å². The largest absolute Gasteiger partial charge is 0.486 e. The number of piperazine rings is 1. The van der Waals surface area contributed by atoms with Crippen LogP contribution in [0.2, 0.25) is 0 Å². The highest BCUT2D eigenvalue weighted by Gasteiger charge is 2.30. The number of alkyl halides is 3. The zero-order chi connectivity index (χ0) is 23.7. The topological polar surface area (TPSA) is 27.7 Å². The average molecular weight is 480 g/mol. The Kier molecular flexibility index (Phi) is 9.38. The summed E-state index contributed by atoms with van der Waals surface area (Å²) in [6.45, 7) is 7.50. The fourth-order valence-corrected chi connectivity index (χ4v) is 4.09. The lowest BCUT2D eigenvalue weighted by Gasteiger charge is -2.36. The third-order valence-electron chi connectivity index (χ3n) is 5.80. The third-order valence-corrected chi connectivity index (χ3v) is 6.21. The molecule has 8 heteroatoms. The maximum absolute atomic E-state index is 12.9. The summed E-state index contributed by atoms with van der Waals surface area (Å²) < 4.78 is 44.7. The predicted octanol–water partition coefficient (Wildman–Crippen LogP) is 5.51. The lowest BCUT2D eigenvalue weighted by atomic mass is 10.1. The number of hydrogen-bond acceptors (Lipinski definition) is 3. The highest BCUT2D eigenvalue weighted by atomic mass is 32.1. The van der Waals surface area contributed by atoms with Gasteiger partial charge >= 0.3 is 6.18 Å². The predicted molar refractivity (Wildman–Crippen MR) is 129 cm³/mol. The number of rotatable bonds is 9. The number of hydrogen-bond donors (Lipinski definition) is 1. The van der Waals surface area contributed by atoms with Gasteiger partial charge in [0.05, 0.1) is 5.56 Å². The van der Waals surface area contributed by atoms with Gasteiger partial charge in [-0.3, -0.25) is 4.90 Å². The highest BCUT2D eigenvalue weighted by Crippen LogP contribution is 2.32. The molecule has 180 valence electrons. The fraction of sp³-hybridized carbons (Fsp3) is 0.480. The maximum Gasteiger partial charge on any atom is 0.416 e. The molecule has 1 fully saturated rings. The lowest BCUT2D eigenvalue weighted by molar-refractivity contribution is -0.137. The molecule has 3 rings (SSSR count). The van der Waals surface area contributed by atoms with Crippen LogP contribution in [-0.2, 0) is 6.18 Å². The minimum absolute atomic E-state index is 0.238. The van der Waals surface area contributed by atoms with Crippen LogP contribution < -0.4 is 10.1 Å². The van der Waals surface area contributed by atoms with Gasteiger partial charge in [0, 0.05) is 45.7 Å². The van der Waals surface area contributed by atoms with E-state index in [1.54, 1.807) is 0 Å². The summed E-state index contributed by atoms with van der Waals surface area (Å²) in [4.78, 5) is 4.60. The Labute approximate surface area is 199 Å². The maximum atomic E-state index is 12.9. The molecule has 33 heavy (non-hydrogen) atoms. The number of unbranched alkanes of at least 4 members (excludes halogenated alkanes) is 1. The van der Waals surface area contributed by atoms with Gasteiger partial charge in [-0.1, -0.05) is 43.7 Å².